The summed E-state index contributed by atoms with van der Waals surface area (Å²) in [5.41, 5.74) is 2.69. The number of aryl methyl sites for hydroxylation is 1. The highest BCUT2D eigenvalue weighted by Crippen LogP contribution is 2.31. The second-order valence-electron chi connectivity index (χ2n) is 6.84. The zero-order chi connectivity index (χ0) is 24.3. The van der Waals surface area contributed by atoms with Crippen LogP contribution in [0.25, 0.3) is 5.70 Å². The van der Waals surface area contributed by atoms with Gasteiger partial charge >= 0.3 is 0 Å². The van der Waals surface area contributed by atoms with Crippen LogP contribution in [0.15, 0.2) is 72.7 Å². The summed E-state index contributed by atoms with van der Waals surface area (Å²) in [6.45, 7) is 1.95. The highest BCUT2D eigenvalue weighted by molar-refractivity contribution is 6.38. The van der Waals surface area contributed by atoms with Gasteiger partial charge in [0.2, 0.25) is 5.78 Å². The summed E-state index contributed by atoms with van der Waals surface area (Å²) in [7, 11) is -4.94. The molecule has 0 fully saturated rings. The lowest BCUT2D eigenvalue weighted by Gasteiger charge is -2.19. The molecule has 1 aliphatic rings. The lowest BCUT2D eigenvalue weighted by Crippen LogP contribution is -2.68. The number of benzene rings is 2. The van der Waals surface area contributed by atoms with Gasteiger partial charge in [-0.15, -0.1) is 10.2 Å². The minimum absolute atomic E-state index is 0.168. The highest BCUT2D eigenvalue weighted by atomic mass is 35.7. The first-order valence-electron chi connectivity index (χ1n) is 9.20. The average molecular weight is 510 g/mol. The van der Waals surface area contributed by atoms with Crippen LogP contribution < -0.4 is 28.5 Å². The summed E-state index contributed by atoms with van der Waals surface area (Å²) in [6.07, 6.45) is 3.52. The van der Waals surface area contributed by atoms with E-state index in [9.17, 15) is 9.59 Å². The van der Waals surface area contributed by atoms with Gasteiger partial charge in [0.25, 0.3) is 11.5 Å². The predicted molar refractivity (Wildman–Crippen MR) is 110 cm³/mol. The molecular weight excluding hydrogens is 495 g/mol. The molecule has 0 saturated heterocycles. The van der Waals surface area contributed by atoms with Gasteiger partial charge in [-0.05, 0) is 30.7 Å². The van der Waals surface area contributed by atoms with Crippen LogP contribution in [0.5, 0.6) is 0 Å². The van der Waals surface area contributed by atoms with Crippen molar-refractivity contribution in [2.75, 3.05) is 5.32 Å². The molecule has 4 rings (SSSR count). The van der Waals surface area contributed by atoms with Crippen LogP contribution in [0, 0.1) is 17.2 Å². The molecule has 11 heteroatoms. The number of pyridine rings is 1. The molecule has 0 aliphatic heterocycles. The molecule has 8 nitrogen and oxygen atoms in total. The molecule has 3 aromatic rings. The van der Waals surface area contributed by atoms with Crippen LogP contribution in [0.1, 0.15) is 26.3 Å². The van der Waals surface area contributed by atoms with Crippen LogP contribution >= 0.6 is 23.2 Å². The van der Waals surface area contributed by atoms with E-state index in [4.69, 9.17) is 41.8 Å². The zero-order valence-electron chi connectivity index (χ0n) is 16.9. The van der Waals surface area contributed by atoms with Gasteiger partial charge in [-0.25, -0.2) is 18.6 Å². The normalized spacial score (nSPS) is 13.3. The quantitative estimate of drug-likeness (QED) is 0.497. The molecule has 0 bridgehead atoms. The molecule has 0 radical (unpaired) electrons. The van der Waals surface area contributed by atoms with Gasteiger partial charge in [-0.2, -0.15) is 4.57 Å². The monoisotopic (exact) mass is 508 g/mol. The van der Waals surface area contributed by atoms with E-state index < -0.39 is 10.2 Å². The number of anilines is 1. The number of aromatic nitrogens is 1. The summed E-state index contributed by atoms with van der Waals surface area (Å²) in [4.78, 5) is 26.5. The van der Waals surface area contributed by atoms with E-state index in [2.05, 4.69) is 5.32 Å². The molecule has 1 heterocycles. The number of hydrogen-bond acceptors (Lipinski definition) is 7. The number of halogens is 3. The molecule has 170 valence electrons. The van der Waals surface area contributed by atoms with E-state index in [-0.39, 0.29) is 23.0 Å². The summed E-state index contributed by atoms with van der Waals surface area (Å²) >= 11 is 12.2. The van der Waals surface area contributed by atoms with Crippen LogP contribution in [0.4, 0.5) is 5.69 Å². The zero-order valence-corrected chi connectivity index (χ0v) is 19.1. The van der Waals surface area contributed by atoms with Crippen molar-refractivity contribution in [3.63, 3.8) is 0 Å². The van der Waals surface area contributed by atoms with E-state index in [1.807, 2.05) is 19.1 Å². The molecule has 1 aromatic heterocycles. The van der Waals surface area contributed by atoms with Gasteiger partial charge in [0.1, 0.15) is 0 Å². The SMILES string of the molecule is Cc1cc[n+](C2=C(Nc3ccc(Cl)cc3Cl)C(=O)c3ccccc3C2=O)cc1.[O-][Cl+3]([O-])([O-])[O-]. The fourth-order valence-corrected chi connectivity index (χ4v) is 3.56. The van der Waals surface area contributed by atoms with Gasteiger partial charge in [-0.3, -0.25) is 9.59 Å². The number of ketones is 2. The Bertz CT molecular complexity index is 1250. The van der Waals surface area contributed by atoms with Gasteiger partial charge in [0.05, 0.1) is 10.7 Å². The maximum absolute atomic E-state index is 13.3. The Morgan fingerprint density at radius 2 is 1.39 bits per heavy atom. The van der Waals surface area contributed by atoms with Crippen LogP contribution in [0.2, 0.25) is 10.0 Å². The number of rotatable bonds is 3. The van der Waals surface area contributed by atoms with E-state index in [0.29, 0.717) is 26.9 Å². The van der Waals surface area contributed by atoms with Crippen molar-refractivity contribution in [2.45, 2.75) is 6.92 Å². The third kappa shape index (κ3) is 6.16. The largest absolute Gasteiger partial charge is 0.345 e. The molecule has 1 aliphatic carbocycles. The van der Waals surface area contributed by atoms with E-state index in [1.54, 1.807) is 59.4 Å². The molecular formula is C22H15Cl3N2O6. The standard InChI is InChI=1S/C22H14Cl2N2O2.ClHO4/c1-13-8-10-26(11-9-13)20-19(25-18-7-6-14(23)12-17(18)24)21(27)15-4-2-3-5-16(15)22(20)28;2-1(3,4)5/h2-12H,1H3;(H,2,3,4,5). The molecule has 0 unspecified atom stereocenters. The minimum Gasteiger partial charge on any atom is -0.345 e. The number of hydrogen-bond donors (Lipinski definition) is 1. The first-order valence-corrected chi connectivity index (χ1v) is 11.2. The molecule has 0 saturated carbocycles. The number of allylic oxidation sites excluding steroid dienone is 2. The topological polar surface area (TPSA) is 142 Å². The third-order valence-corrected chi connectivity index (χ3v) is 5.09. The van der Waals surface area contributed by atoms with Gasteiger partial charge in [0.15, 0.2) is 18.1 Å². The molecule has 33 heavy (non-hydrogen) atoms. The van der Waals surface area contributed by atoms with Crippen LogP contribution in [0.3, 0.4) is 0 Å². The van der Waals surface area contributed by atoms with Crippen molar-refractivity contribution in [2.24, 2.45) is 0 Å². The smallest absolute Gasteiger partial charge is 0.286 e. The van der Waals surface area contributed by atoms with Gasteiger partial charge < -0.3 is 5.32 Å². The van der Waals surface area contributed by atoms with E-state index >= 15 is 0 Å². The second kappa shape index (κ2) is 9.98. The minimum atomic E-state index is -4.94. The molecule has 0 amide bonds. The Hall–Kier alpha value is -2.82. The Morgan fingerprint density at radius 3 is 1.94 bits per heavy atom. The first-order chi connectivity index (χ1) is 15.5. The summed E-state index contributed by atoms with van der Waals surface area (Å²) in [5.74, 6) is -0.513. The molecule has 1 N–H and O–H groups in total. The second-order valence-corrected chi connectivity index (χ2v) is 8.44. The first kappa shape index (κ1) is 24.8. The lowest BCUT2D eigenvalue weighted by atomic mass is 9.90. The van der Waals surface area contributed by atoms with Crippen molar-refractivity contribution in [3.05, 3.63) is 99.4 Å². The number of nitrogens with zero attached hydrogens (tertiary/aromatic N) is 1. The summed E-state index contributed by atoms with van der Waals surface area (Å²) < 4.78 is 35.6. The van der Waals surface area contributed by atoms with Crippen molar-refractivity contribution in [1.29, 1.82) is 0 Å². The molecule has 0 atom stereocenters. The predicted octanol–water partition coefficient (Wildman–Crippen LogP) is 0.193. The molecule has 2 aromatic carbocycles. The highest BCUT2D eigenvalue weighted by Gasteiger charge is 2.38. The number of carbonyl (C=O) groups is 2. The van der Waals surface area contributed by atoms with Crippen LogP contribution in [-0.4, -0.2) is 11.6 Å². The third-order valence-electron chi connectivity index (χ3n) is 4.54. The maximum atomic E-state index is 13.3. The number of carbonyl (C=O) groups excluding carboxylic acids is 2. The van der Waals surface area contributed by atoms with Crippen molar-refractivity contribution >= 4 is 46.2 Å². The fraction of sp³-hybridized carbons (Fsp3) is 0.0455. The number of fused-ring (bicyclic) bond motifs is 1. The summed E-state index contributed by atoms with van der Waals surface area (Å²) in [5, 5.41) is 3.89. The average Bonchev–Trinajstić information content (AvgIpc) is 2.73. The Labute approximate surface area is 200 Å². The Balaban J connectivity index is 0.000000555. The van der Waals surface area contributed by atoms with Crippen LogP contribution in [-0.2, 0) is 0 Å². The lowest BCUT2D eigenvalue weighted by molar-refractivity contribution is -2.00. The van der Waals surface area contributed by atoms with E-state index in [0.717, 1.165) is 5.56 Å². The summed E-state index contributed by atoms with van der Waals surface area (Å²) in [6, 6.07) is 15.5. The number of Topliss-reactive ketones (excluding diaryl/α,β-unsaturated/α-hetero) is 2. The Kier molecular flexibility index (Phi) is 7.51. The van der Waals surface area contributed by atoms with Gasteiger partial charge in [0, 0.05) is 28.3 Å². The number of nitrogens with one attached hydrogen (secondary N) is 1. The Morgan fingerprint density at radius 1 is 0.848 bits per heavy atom. The van der Waals surface area contributed by atoms with E-state index in [1.165, 1.54) is 0 Å². The molecule has 0 spiro atoms. The fourth-order valence-electron chi connectivity index (χ4n) is 3.10. The van der Waals surface area contributed by atoms with Crippen molar-refractivity contribution < 1.29 is 43.0 Å². The van der Waals surface area contributed by atoms with Crippen molar-refractivity contribution in [1.82, 2.24) is 0 Å². The van der Waals surface area contributed by atoms with Crippen molar-refractivity contribution in [3.8, 4) is 0 Å². The van der Waals surface area contributed by atoms with Gasteiger partial charge in [-0.1, -0.05) is 47.5 Å². The maximum Gasteiger partial charge on any atom is 0.286 e.